The van der Waals surface area contributed by atoms with E-state index in [-0.39, 0.29) is 0 Å². The van der Waals surface area contributed by atoms with Gasteiger partial charge in [0.05, 0.1) is 0 Å². The Labute approximate surface area is 62.7 Å². The largest absolute Gasteiger partial charge is 0.309 e. The van der Waals surface area contributed by atoms with Crippen molar-refractivity contribution >= 4 is 0 Å². The third-order valence-electron chi connectivity index (χ3n) is 1.85. The quantitative estimate of drug-likeness (QED) is 0.479. The average molecular weight is 140 g/mol. The van der Waals surface area contributed by atoms with Gasteiger partial charge in [0, 0.05) is 26.2 Å². The van der Waals surface area contributed by atoms with Crippen LogP contribution in [0.5, 0.6) is 0 Å². The molecule has 2 aliphatic rings. The standard InChI is InChI=1S/C6H10N2.C2H6/c1-5-2-8-4-6(5)3-7-1;1-2/h7-8H,1-4H2;1-2H3. The second-order valence-electron chi connectivity index (χ2n) is 2.41. The Morgan fingerprint density at radius 3 is 1.40 bits per heavy atom. The summed E-state index contributed by atoms with van der Waals surface area (Å²) in [7, 11) is 0. The molecule has 2 aliphatic heterocycles. The van der Waals surface area contributed by atoms with Crippen LogP contribution < -0.4 is 10.6 Å². The third kappa shape index (κ3) is 1.39. The lowest BCUT2D eigenvalue weighted by Gasteiger charge is -1.96. The van der Waals surface area contributed by atoms with E-state index < -0.39 is 0 Å². The van der Waals surface area contributed by atoms with Crippen LogP contribution in [0.3, 0.4) is 0 Å². The highest BCUT2D eigenvalue weighted by molar-refractivity contribution is 5.28. The van der Waals surface area contributed by atoms with Crippen molar-refractivity contribution in [2.75, 3.05) is 26.2 Å². The first-order chi connectivity index (χ1) is 4.97. The summed E-state index contributed by atoms with van der Waals surface area (Å²) in [4.78, 5) is 0. The Hall–Kier alpha value is -0.340. The summed E-state index contributed by atoms with van der Waals surface area (Å²) in [6, 6.07) is 0. The van der Waals surface area contributed by atoms with Crippen molar-refractivity contribution in [3.05, 3.63) is 11.1 Å². The second kappa shape index (κ2) is 3.74. The molecule has 2 rings (SSSR count). The predicted molar refractivity (Wildman–Crippen MR) is 44.1 cm³/mol. The van der Waals surface area contributed by atoms with Gasteiger partial charge in [-0.2, -0.15) is 0 Å². The van der Waals surface area contributed by atoms with Gasteiger partial charge in [0.1, 0.15) is 0 Å². The van der Waals surface area contributed by atoms with Crippen molar-refractivity contribution in [3.63, 3.8) is 0 Å². The molecule has 2 heteroatoms. The van der Waals surface area contributed by atoms with Gasteiger partial charge in [-0.1, -0.05) is 13.8 Å². The van der Waals surface area contributed by atoms with Crippen molar-refractivity contribution in [1.82, 2.24) is 10.6 Å². The Morgan fingerprint density at radius 1 is 0.800 bits per heavy atom. The summed E-state index contributed by atoms with van der Waals surface area (Å²) in [5.74, 6) is 0. The van der Waals surface area contributed by atoms with Crippen LogP contribution in [0.2, 0.25) is 0 Å². The van der Waals surface area contributed by atoms with Gasteiger partial charge >= 0.3 is 0 Å². The summed E-state index contributed by atoms with van der Waals surface area (Å²) < 4.78 is 0. The summed E-state index contributed by atoms with van der Waals surface area (Å²) in [6.07, 6.45) is 0. The molecule has 0 aromatic rings. The first-order valence-electron chi connectivity index (χ1n) is 4.08. The average Bonchev–Trinajstić information content (AvgIpc) is 2.49. The zero-order valence-corrected chi connectivity index (χ0v) is 6.83. The van der Waals surface area contributed by atoms with Gasteiger partial charge in [-0.3, -0.25) is 0 Å². The minimum absolute atomic E-state index is 1.13. The molecule has 0 aromatic heterocycles. The van der Waals surface area contributed by atoms with Crippen molar-refractivity contribution in [2.45, 2.75) is 13.8 Å². The Balaban J connectivity index is 0.000000231. The lowest BCUT2D eigenvalue weighted by molar-refractivity contribution is 0.761. The monoisotopic (exact) mass is 140 g/mol. The van der Waals surface area contributed by atoms with E-state index in [1.54, 1.807) is 11.1 Å². The molecule has 2 heterocycles. The molecule has 0 unspecified atom stereocenters. The molecule has 0 bridgehead atoms. The molecule has 2 N–H and O–H groups in total. The fourth-order valence-electron chi connectivity index (χ4n) is 1.35. The lowest BCUT2D eigenvalue weighted by Crippen LogP contribution is -2.20. The van der Waals surface area contributed by atoms with Crippen LogP contribution in [0.1, 0.15) is 13.8 Å². The zero-order valence-electron chi connectivity index (χ0n) is 6.83. The van der Waals surface area contributed by atoms with Crippen LogP contribution in [0, 0.1) is 0 Å². The molecule has 0 radical (unpaired) electrons. The number of hydrogen-bond donors (Lipinski definition) is 2. The SMILES string of the molecule is C1NCC2=C1CNC2.CC. The number of hydrogen-bond acceptors (Lipinski definition) is 2. The first-order valence-corrected chi connectivity index (χ1v) is 4.08. The zero-order chi connectivity index (χ0) is 7.40. The Bertz CT molecular complexity index is 110. The molecule has 0 atom stereocenters. The van der Waals surface area contributed by atoms with Crippen LogP contribution in [-0.4, -0.2) is 26.2 Å². The maximum Gasteiger partial charge on any atom is 0.0184 e. The molecule has 0 aromatic carbocycles. The van der Waals surface area contributed by atoms with E-state index in [2.05, 4.69) is 10.6 Å². The van der Waals surface area contributed by atoms with E-state index in [0.29, 0.717) is 0 Å². The minimum Gasteiger partial charge on any atom is -0.309 e. The fraction of sp³-hybridized carbons (Fsp3) is 0.750. The normalized spacial score (nSPS) is 22.2. The van der Waals surface area contributed by atoms with Crippen molar-refractivity contribution in [3.8, 4) is 0 Å². The summed E-state index contributed by atoms with van der Waals surface area (Å²) in [6.45, 7) is 8.51. The topological polar surface area (TPSA) is 24.1 Å². The van der Waals surface area contributed by atoms with E-state index in [4.69, 9.17) is 0 Å². The highest BCUT2D eigenvalue weighted by atomic mass is 15.0. The van der Waals surface area contributed by atoms with Gasteiger partial charge in [0.25, 0.3) is 0 Å². The molecule has 10 heavy (non-hydrogen) atoms. The Morgan fingerprint density at radius 2 is 1.10 bits per heavy atom. The molecule has 0 saturated heterocycles. The van der Waals surface area contributed by atoms with Crippen LogP contribution in [0.15, 0.2) is 11.1 Å². The maximum absolute atomic E-state index is 3.31. The van der Waals surface area contributed by atoms with Gasteiger partial charge in [-0.05, 0) is 11.1 Å². The lowest BCUT2D eigenvalue weighted by atomic mass is 10.2. The van der Waals surface area contributed by atoms with Gasteiger partial charge in [-0.15, -0.1) is 0 Å². The van der Waals surface area contributed by atoms with Crippen molar-refractivity contribution in [1.29, 1.82) is 0 Å². The predicted octanol–water partition coefficient (Wildman–Crippen LogP) is 0.516. The smallest absolute Gasteiger partial charge is 0.0184 e. The molecule has 0 spiro atoms. The van der Waals surface area contributed by atoms with E-state index in [1.165, 1.54) is 0 Å². The summed E-state index contributed by atoms with van der Waals surface area (Å²) in [5, 5.41) is 6.62. The van der Waals surface area contributed by atoms with E-state index in [0.717, 1.165) is 26.2 Å². The highest BCUT2D eigenvalue weighted by Crippen LogP contribution is 2.11. The van der Waals surface area contributed by atoms with Crippen LogP contribution in [0.4, 0.5) is 0 Å². The van der Waals surface area contributed by atoms with E-state index in [1.807, 2.05) is 13.8 Å². The van der Waals surface area contributed by atoms with Crippen LogP contribution in [-0.2, 0) is 0 Å². The van der Waals surface area contributed by atoms with Crippen molar-refractivity contribution in [2.24, 2.45) is 0 Å². The molecular formula is C8H16N2. The highest BCUT2D eigenvalue weighted by Gasteiger charge is 2.17. The minimum atomic E-state index is 1.13. The van der Waals surface area contributed by atoms with Crippen molar-refractivity contribution < 1.29 is 0 Å². The molecular weight excluding hydrogens is 124 g/mol. The maximum atomic E-state index is 3.31. The van der Waals surface area contributed by atoms with E-state index >= 15 is 0 Å². The van der Waals surface area contributed by atoms with Gasteiger partial charge in [-0.25, -0.2) is 0 Å². The summed E-state index contributed by atoms with van der Waals surface area (Å²) >= 11 is 0. The van der Waals surface area contributed by atoms with Gasteiger partial charge < -0.3 is 10.6 Å². The Kier molecular flexibility index (Phi) is 2.90. The molecule has 2 nitrogen and oxygen atoms in total. The van der Waals surface area contributed by atoms with Crippen LogP contribution in [0.25, 0.3) is 0 Å². The fourth-order valence-corrected chi connectivity index (χ4v) is 1.35. The molecule has 0 amide bonds. The molecule has 0 aliphatic carbocycles. The second-order valence-corrected chi connectivity index (χ2v) is 2.41. The number of nitrogens with one attached hydrogen (secondary N) is 2. The first kappa shape index (κ1) is 7.76. The summed E-state index contributed by atoms with van der Waals surface area (Å²) in [5.41, 5.74) is 3.20. The third-order valence-corrected chi connectivity index (χ3v) is 1.85. The number of rotatable bonds is 0. The van der Waals surface area contributed by atoms with Gasteiger partial charge in [0.15, 0.2) is 0 Å². The van der Waals surface area contributed by atoms with Crippen LogP contribution >= 0.6 is 0 Å². The van der Waals surface area contributed by atoms with E-state index in [9.17, 15) is 0 Å². The molecule has 0 saturated carbocycles. The molecule has 0 fully saturated rings. The van der Waals surface area contributed by atoms with Gasteiger partial charge in [0.2, 0.25) is 0 Å². The molecule has 58 valence electrons.